The van der Waals surface area contributed by atoms with E-state index in [1.807, 2.05) is 12.1 Å². The highest BCUT2D eigenvalue weighted by Crippen LogP contribution is 2.49. The van der Waals surface area contributed by atoms with Crippen molar-refractivity contribution in [2.75, 3.05) is 33.1 Å². The van der Waals surface area contributed by atoms with Crippen LogP contribution in [-0.4, -0.2) is 38.5 Å². The predicted molar refractivity (Wildman–Crippen MR) is 188 cm³/mol. The Morgan fingerprint density at radius 2 is 1.04 bits per heavy atom. The summed E-state index contributed by atoms with van der Waals surface area (Å²) in [5, 5.41) is 0. The van der Waals surface area contributed by atoms with Crippen LogP contribution in [0.1, 0.15) is 27.8 Å². The zero-order valence-corrected chi connectivity index (χ0v) is 26.2. The molecular formula is C42H36N2O+. The van der Waals surface area contributed by atoms with E-state index in [1.165, 1.54) is 56.3 Å². The van der Waals surface area contributed by atoms with Crippen molar-refractivity contribution in [2.24, 2.45) is 0 Å². The number of benzene rings is 5. The summed E-state index contributed by atoms with van der Waals surface area (Å²) in [6, 6.07) is 43.2. The average Bonchev–Trinajstić information content (AvgIpc) is 3.08. The zero-order chi connectivity index (χ0) is 30.9. The first kappa shape index (κ1) is 28.4. The first-order valence-electron chi connectivity index (χ1n) is 15.3. The molecule has 0 amide bonds. The molecule has 0 saturated carbocycles. The molecule has 0 fully saturated rings. The smallest absolute Gasteiger partial charge is 0.199 e. The lowest BCUT2D eigenvalue weighted by Crippen LogP contribution is -2.13. The minimum atomic E-state index is 0.878. The third-order valence-corrected chi connectivity index (χ3v) is 8.56. The van der Waals surface area contributed by atoms with Gasteiger partial charge < -0.3 is 9.64 Å². The highest BCUT2D eigenvalue weighted by molar-refractivity contribution is 6.04. The molecule has 2 aliphatic rings. The Bertz CT molecular complexity index is 1960. The van der Waals surface area contributed by atoms with E-state index in [4.69, 9.17) is 4.74 Å². The van der Waals surface area contributed by atoms with Crippen LogP contribution in [0.2, 0.25) is 0 Å². The van der Waals surface area contributed by atoms with Gasteiger partial charge in [0.25, 0.3) is 0 Å². The molecule has 3 nitrogen and oxygen atoms in total. The minimum absolute atomic E-state index is 0.878. The largest absolute Gasteiger partial charge is 0.457 e. The van der Waals surface area contributed by atoms with Crippen molar-refractivity contribution in [3.05, 3.63) is 185 Å². The van der Waals surface area contributed by atoms with Crippen molar-refractivity contribution >= 4 is 17.0 Å². The summed E-state index contributed by atoms with van der Waals surface area (Å²) in [6.07, 6.45) is 8.89. The summed E-state index contributed by atoms with van der Waals surface area (Å²) in [6.45, 7) is 0. The highest BCUT2D eigenvalue weighted by atomic mass is 16.5. The second kappa shape index (κ2) is 11.9. The molecule has 5 aromatic rings. The molecule has 0 spiro atoms. The topological polar surface area (TPSA) is 15.5 Å². The summed E-state index contributed by atoms with van der Waals surface area (Å²) in [7, 11) is 8.32. The molecule has 1 radical (unpaired) electrons. The fraction of sp³-hybridized carbons (Fsp3) is 0.0952. The maximum Gasteiger partial charge on any atom is 0.199 e. The summed E-state index contributed by atoms with van der Waals surface area (Å²) in [4.78, 5) is 2.14. The maximum atomic E-state index is 6.37. The standard InChI is InChI=1S/C42H36N2O/c1-43(2)31-25-21-29(22-26-31)41(30-23-27-32(28-24-30)44(3)4)35-15-7-5-13-33(35)34-14-6-8-16-36(34)42-37-17-9-11-19-39(37)45-40-20-12-10-18-38(40)42/h5-28H,1-4H3/q+1. The normalized spacial score (nSPS) is 13.6. The van der Waals surface area contributed by atoms with Crippen LogP contribution in [0.5, 0.6) is 11.5 Å². The second-order valence-electron chi connectivity index (χ2n) is 11.8. The van der Waals surface area contributed by atoms with Crippen LogP contribution < -0.4 is 9.64 Å². The molecule has 3 heteroatoms. The molecule has 1 heterocycles. The van der Waals surface area contributed by atoms with E-state index in [-0.39, 0.29) is 0 Å². The third-order valence-electron chi connectivity index (χ3n) is 8.56. The fourth-order valence-electron chi connectivity index (χ4n) is 6.28. The molecule has 0 unspecified atom stereocenters. The van der Waals surface area contributed by atoms with Crippen molar-refractivity contribution < 1.29 is 9.31 Å². The number of para-hydroxylation sites is 2. The number of ether oxygens (including phenoxy) is 1. The molecule has 7 rings (SSSR count). The van der Waals surface area contributed by atoms with Gasteiger partial charge >= 0.3 is 0 Å². The molecule has 0 atom stereocenters. The number of hydrogen-bond acceptors (Lipinski definition) is 2. The van der Waals surface area contributed by atoms with Gasteiger partial charge in [-0.05, 0) is 75.4 Å². The Hall–Kier alpha value is -5.41. The van der Waals surface area contributed by atoms with Crippen LogP contribution in [0.4, 0.5) is 5.69 Å². The van der Waals surface area contributed by atoms with Gasteiger partial charge in [-0.25, -0.2) is 4.58 Å². The molecule has 45 heavy (non-hydrogen) atoms. The van der Waals surface area contributed by atoms with Gasteiger partial charge in [0.05, 0.1) is 5.92 Å². The summed E-state index contributed by atoms with van der Waals surface area (Å²) in [5.41, 5.74) is 12.8. The number of fused-ring (bicyclic) bond motifs is 2. The van der Waals surface area contributed by atoms with Gasteiger partial charge in [0.1, 0.15) is 25.6 Å². The molecule has 0 aromatic heterocycles. The van der Waals surface area contributed by atoms with Crippen LogP contribution in [0.3, 0.4) is 0 Å². The van der Waals surface area contributed by atoms with E-state index in [1.54, 1.807) is 0 Å². The molecular weight excluding hydrogens is 548 g/mol. The van der Waals surface area contributed by atoms with Gasteiger partial charge in [-0.1, -0.05) is 97.1 Å². The lowest BCUT2D eigenvalue weighted by Gasteiger charge is -2.29. The first-order valence-corrected chi connectivity index (χ1v) is 15.3. The maximum absolute atomic E-state index is 6.37. The number of hydrogen-bond donors (Lipinski definition) is 0. The average molecular weight is 585 g/mol. The van der Waals surface area contributed by atoms with Gasteiger partial charge in [-0.15, -0.1) is 0 Å². The first-order chi connectivity index (χ1) is 22.0. The van der Waals surface area contributed by atoms with E-state index >= 15 is 0 Å². The van der Waals surface area contributed by atoms with Gasteiger partial charge in [0, 0.05) is 43.1 Å². The summed E-state index contributed by atoms with van der Waals surface area (Å²) < 4.78 is 8.51. The van der Waals surface area contributed by atoms with Crippen LogP contribution in [-0.2, 0) is 0 Å². The lowest BCUT2D eigenvalue weighted by atomic mass is 9.78. The highest BCUT2D eigenvalue weighted by Gasteiger charge is 2.31. The Kier molecular flexibility index (Phi) is 7.52. The molecule has 5 aromatic carbocycles. The minimum Gasteiger partial charge on any atom is -0.457 e. The van der Waals surface area contributed by atoms with Gasteiger partial charge in [-0.2, -0.15) is 0 Å². The Morgan fingerprint density at radius 1 is 0.533 bits per heavy atom. The quantitative estimate of drug-likeness (QED) is 0.188. The third kappa shape index (κ3) is 5.32. The van der Waals surface area contributed by atoms with E-state index in [9.17, 15) is 0 Å². The second-order valence-corrected chi connectivity index (χ2v) is 11.8. The summed E-state index contributed by atoms with van der Waals surface area (Å²) in [5.74, 6) is 2.94. The van der Waals surface area contributed by atoms with Crippen LogP contribution in [0.25, 0.3) is 16.7 Å². The van der Waals surface area contributed by atoms with E-state index in [2.05, 4.69) is 171 Å². The molecule has 1 aliphatic heterocycles. The van der Waals surface area contributed by atoms with Crippen molar-refractivity contribution in [2.45, 2.75) is 0 Å². The monoisotopic (exact) mass is 584 g/mol. The van der Waals surface area contributed by atoms with E-state index in [0.29, 0.717) is 0 Å². The van der Waals surface area contributed by atoms with Gasteiger partial charge in [-0.3, -0.25) is 0 Å². The lowest BCUT2D eigenvalue weighted by molar-refractivity contribution is -0.462. The van der Waals surface area contributed by atoms with Crippen LogP contribution >= 0.6 is 0 Å². The Labute approximate surface area is 266 Å². The van der Waals surface area contributed by atoms with Crippen molar-refractivity contribution in [3.8, 4) is 22.6 Å². The predicted octanol–water partition coefficient (Wildman–Crippen LogP) is 9.19. The number of allylic oxidation sites excluding steroid dienone is 5. The number of anilines is 1. The summed E-state index contributed by atoms with van der Waals surface area (Å²) >= 11 is 0. The van der Waals surface area contributed by atoms with Crippen LogP contribution in [0, 0.1) is 5.92 Å². The molecule has 0 saturated heterocycles. The van der Waals surface area contributed by atoms with Gasteiger partial charge in [0.2, 0.25) is 0 Å². The zero-order valence-electron chi connectivity index (χ0n) is 26.2. The number of rotatable bonds is 5. The van der Waals surface area contributed by atoms with Crippen molar-refractivity contribution in [3.63, 3.8) is 0 Å². The Balaban J connectivity index is 1.46. The van der Waals surface area contributed by atoms with Crippen LogP contribution in [0.15, 0.2) is 151 Å². The van der Waals surface area contributed by atoms with Gasteiger partial charge in [0.15, 0.2) is 5.71 Å². The molecule has 0 bridgehead atoms. The molecule has 0 N–H and O–H groups in total. The van der Waals surface area contributed by atoms with Crippen molar-refractivity contribution in [1.29, 1.82) is 0 Å². The van der Waals surface area contributed by atoms with E-state index in [0.717, 1.165) is 22.6 Å². The van der Waals surface area contributed by atoms with E-state index < -0.39 is 0 Å². The van der Waals surface area contributed by atoms with Crippen molar-refractivity contribution in [1.82, 2.24) is 0 Å². The SMILES string of the molecule is CN(C)c1ccc(C(=C2C=CC(=[N+](C)C)C=C2)c2ccccc2-c2ccccc2[C]2c3ccccc3Oc3ccccc32)cc1. The fourth-order valence-corrected chi connectivity index (χ4v) is 6.28. The molecule has 219 valence electrons. The molecule has 1 aliphatic carbocycles. The Morgan fingerprint density at radius 3 is 1.62 bits per heavy atom. The number of nitrogens with zero attached hydrogens (tertiary/aromatic N) is 2.